The molecule has 1 unspecified atom stereocenters. The van der Waals surface area contributed by atoms with Crippen LogP contribution in [-0.2, 0) is 0 Å². The summed E-state index contributed by atoms with van der Waals surface area (Å²) in [5.41, 5.74) is 3.27. The highest BCUT2D eigenvalue weighted by atomic mass is 16.5. The highest BCUT2D eigenvalue weighted by Crippen LogP contribution is 2.30. The Morgan fingerprint density at radius 1 is 1.22 bits per heavy atom. The van der Waals surface area contributed by atoms with Crippen molar-refractivity contribution in [1.82, 2.24) is 10.3 Å². The molecule has 0 aliphatic carbocycles. The van der Waals surface area contributed by atoms with Crippen molar-refractivity contribution in [2.75, 3.05) is 13.7 Å². The number of Topliss-reactive ketones (excluding diaryl/α,β-unsaturated/α-hetero) is 1. The molecule has 0 bridgehead atoms. The van der Waals surface area contributed by atoms with Gasteiger partial charge in [0.2, 0.25) is 0 Å². The number of benzene rings is 1. The molecule has 6 heteroatoms. The maximum absolute atomic E-state index is 12.7. The van der Waals surface area contributed by atoms with Crippen LogP contribution in [0.2, 0.25) is 0 Å². The standard InChI is InChI=1S/C21H28N2O4/c1-7-10-27-17-9-8-16(11-18(17)26-6)13(3)23-21(25)20-12(2)19(15(5)24)14(4)22-20/h8-9,11,13,22H,7,10H2,1-6H3,(H,23,25). The average molecular weight is 372 g/mol. The van der Waals surface area contributed by atoms with E-state index in [4.69, 9.17) is 9.47 Å². The molecule has 1 amide bonds. The molecule has 0 aliphatic rings. The predicted molar refractivity (Wildman–Crippen MR) is 105 cm³/mol. The molecule has 0 radical (unpaired) electrons. The summed E-state index contributed by atoms with van der Waals surface area (Å²) in [6, 6.07) is 5.39. The van der Waals surface area contributed by atoms with E-state index in [1.165, 1.54) is 6.92 Å². The number of amides is 1. The fourth-order valence-corrected chi connectivity index (χ4v) is 3.14. The molecule has 2 aromatic rings. The monoisotopic (exact) mass is 372 g/mol. The second kappa shape index (κ2) is 8.75. The third kappa shape index (κ3) is 4.51. The molecule has 27 heavy (non-hydrogen) atoms. The van der Waals surface area contributed by atoms with E-state index in [9.17, 15) is 9.59 Å². The zero-order valence-electron chi connectivity index (χ0n) is 16.9. The summed E-state index contributed by atoms with van der Waals surface area (Å²) in [4.78, 5) is 27.5. The van der Waals surface area contributed by atoms with Gasteiger partial charge >= 0.3 is 0 Å². The zero-order chi connectivity index (χ0) is 20.1. The first-order valence-electron chi connectivity index (χ1n) is 9.11. The van der Waals surface area contributed by atoms with Crippen LogP contribution in [0, 0.1) is 13.8 Å². The van der Waals surface area contributed by atoms with E-state index in [0.717, 1.165) is 12.0 Å². The molecule has 1 atom stereocenters. The van der Waals surface area contributed by atoms with E-state index >= 15 is 0 Å². The Bertz CT molecular complexity index is 839. The summed E-state index contributed by atoms with van der Waals surface area (Å²) in [5.74, 6) is 1.01. The Kier molecular flexibility index (Phi) is 6.66. The van der Waals surface area contributed by atoms with Gasteiger partial charge in [0.1, 0.15) is 5.69 Å². The highest BCUT2D eigenvalue weighted by Gasteiger charge is 2.21. The largest absolute Gasteiger partial charge is 0.493 e. The minimum absolute atomic E-state index is 0.0549. The van der Waals surface area contributed by atoms with Gasteiger partial charge in [-0.3, -0.25) is 9.59 Å². The lowest BCUT2D eigenvalue weighted by Gasteiger charge is -2.17. The fraction of sp³-hybridized carbons (Fsp3) is 0.429. The molecule has 2 rings (SSSR count). The van der Waals surface area contributed by atoms with Crippen molar-refractivity contribution in [2.24, 2.45) is 0 Å². The van der Waals surface area contributed by atoms with Crippen LogP contribution in [0.5, 0.6) is 11.5 Å². The maximum atomic E-state index is 12.7. The van der Waals surface area contributed by atoms with Crippen LogP contribution in [-0.4, -0.2) is 30.4 Å². The summed E-state index contributed by atoms with van der Waals surface area (Å²) >= 11 is 0. The van der Waals surface area contributed by atoms with E-state index in [1.807, 2.05) is 32.0 Å². The quantitative estimate of drug-likeness (QED) is 0.683. The number of carbonyl (C=O) groups is 2. The first-order valence-corrected chi connectivity index (χ1v) is 9.11. The van der Waals surface area contributed by atoms with E-state index in [1.54, 1.807) is 21.0 Å². The van der Waals surface area contributed by atoms with Gasteiger partial charge in [-0.1, -0.05) is 13.0 Å². The van der Waals surface area contributed by atoms with Crippen molar-refractivity contribution in [1.29, 1.82) is 0 Å². The van der Waals surface area contributed by atoms with Crippen molar-refractivity contribution >= 4 is 11.7 Å². The fourth-order valence-electron chi connectivity index (χ4n) is 3.14. The van der Waals surface area contributed by atoms with Gasteiger partial charge in [-0.25, -0.2) is 0 Å². The molecule has 2 N–H and O–H groups in total. The van der Waals surface area contributed by atoms with Crippen molar-refractivity contribution in [2.45, 2.75) is 47.1 Å². The Balaban J connectivity index is 2.19. The summed E-state index contributed by atoms with van der Waals surface area (Å²) < 4.78 is 11.1. The SMILES string of the molecule is CCCOc1ccc(C(C)NC(=O)c2[nH]c(C)c(C(C)=O)c2C)cc1OC. The number of aryl methyl sites for hydroxylation is 1. The minimum Gasteiger partial charge on any atom is -0.493 e. The molecule has 146 valence electrons. The topological polar surface area (TPSA) is 80.4 Å². The molecule has 1 aromatic heterocycles. The summed E-state index contributed by atoms with van der Waals surface area (Å²) in [6.07, 6.45) is 0.911. The van der Waals surface area contributed by atoms with E-state index < -0.39 is 0 Å². The first-order chi connectivity index (χ1) is 12.8. The lowest BCUT2D eigenvalue weighted by atomic mass is 10.1. The number of carbonyl (C=O) groups excluding carboxylic acids is 2. The molecule has 0 spiro atoms. The van der Waals surface area contributed by atoms with Gasteiger partial charge in [0.15, 0.2) is 17.3 Å². The van der Waals surface area contributed by atoms with Crippen LogP contribution < -0.4 is 14.8 Å². The number of H-pyrrole nitrogens is 1. The number of methoxy groups -OCH3 is 1. The Hall–Kier alpha value is -2.76. The molecule has 0 saturated carbocycles. The van der Waals surface area contributed by atoms with Gasteiger partial charge in [-0.2, -0.15) is 0 Å². The number of ketones is 1. The summed E-state index contributed by atoms with van der Waals surface area (Å²) in [5, 5.41) is 2.97. The maximum Gasteiger partial charge on any atom is 0.268 e. The number of rotatable bonds is 8. The molecule has 1 heterocycles. The Morgan fingerprint density at radius 2 is 1.93 bits per heavy atom. The van der Waals surface area contributed by atoms with Crippen LogP contribution in [0.15, 0.2) is 18.2 Å². The second-order valence-electron chi connectivity index (χ2n) is 6.64. The molecule has 1 aromatic carbocycles. The molecular formula is C21H28N2O4. The minimum atomic E-state index is -0.249. The van der Waals surface area contributed by atoms with Crippen LogP contribution in [0.4, 0.5) is 0 Å². The lowest BCUT2D eigenvalue weighted by Crippen LogP contribution is -2.27. The van der Waals surface area contributed by atoms with Crippen LogP contribution in [0.25, 0.3) is 0 Å². The Morgan fingerprint density at radius 3 is 2.48 bits per heavy atom. The van der Waals surface area contributed by atoms with E-state index in [0.29, 0.717) is 40.6 Å². The van der Waals surface area contributed by atoms with Crippen LogP contribution >= 0.6 is 0 Å². The van der Waals surface area contributed by atoms with Crippen molar-refractivity contribution in [3.05, 3.63) is 46.3 Å². The molecular weight excluding hydrogens is 344 g/mol. The average Bonchev–Trinajstić information content (AvgIpc) is 2.94. The smallest absolute Gasteiger partial charge is 0.268 e. The molecule has 0 aliphatic heterocycles. The first kappa shape index (κ1) is 20.6. The lowest BCUT2D eigenvalue weighted by molar-refractivity contribution is 0.0934. The van der Waals surface area contributed by atoms with Gasteiger partial charge in [0.25, 0.3) is 5.91 Å². The molecule has 6 nitrogen and oxygen atoms in total. The van der Waals surface area contributed by atoms with Crippen LogP contribution in [0.1, 0.15) is 70.9 Å². The predicted octanol–water partition coefficient (Wildman–Crippen LogP) is 4.12. The second-order valence-corrected chi connectivity index (χ2v) is 6.64. The summed E-state index contributed by atoms with van der Waals surface area (Å²) in [6.45, 7) is 9.64. The zero-order valence-corrected chi connectivity index (χ0v) is 16.9. The third-order valence-electron chi connectivity index (χ3n) is 4.51. The number of ether oxygens (including phenoxy) is 2. The normalized spacial score (nSPS) is 11.8. The van der Waals surface area contributed by atoms with Gasteiger partial charge < -0.3 is 19.8 Å². The van der Waals surface area contributed by atoms with Crippen molar-refractivity contribution in [3.63, 3.8) is 0 Å². The molecule has 0 fully saturated rings. The van der Waals surface area contributed by atoms with Gasteiger partial charge in [-0.15, -0.1) is 0 Å². The summed E-state index contributed by atoms with van der Waals surface area (Å²) in [7, 11) is 1.59. The highest BCUT2D eigenvalue weighted by molar-refractivity contribution is 6.02. The number of nitrogens with one attached hydrogen (secondary N) is 2. The number of hydrogen-bond donors (Lipinski definition) is 2. The van der Waals surface area contributed by atoms with Crippen molar-refractivity contribution in [3.8, 4) is 11.5 Å². The van der Waals surface area contributed by atoms with Crippen molar-refractivity contribution < 1.29 is 19.1 Å². The number of hydrogen-bond acceptors (Lipinski definition) is 4. The van der Waals surface area contributed by atoms with Gasteiger partial charge in [0.05, 0.1) is 19.8 Å². The number of aromatic amines is 1. The molecule has 0 saturated heterocycles. The number of aromatic nitrogens is 1. The van der Waals surface area contributed by atoms with Gasteiger partial charge in [0, 0.05) is 11.3 Å². The van der Waals surface area contributed by atoms with Crippen LogP contribution in [0.3, 0.4) is 0 Å². The third-order valence-corrected chi connectivity index (χ3v) is 4.51. The van der Waals surface area contributed by atoms with E-state index in [2.05, 4.69) is 10.3 Å². The van der Waals surface area contributed by atoms with Gasteiger partial charge in [-0.05, 0) is 57.4 Å². The Labute approximate surface area is 160 Å². The van der Waals surface area contributed by atoms with E-state index in [-0.39, 0.29) is 17.7 Å².